The Labute approximate surface area is 224 Å². The Morgan fingerprint density at radius 2 is 1.82 bits per heavy atom. The first-order chi connectivity index (χ1) is 17.3. The van der Waals surface area contributed by atoms with Crippen LogP contribution in [0.15, 0.2) is 5.11 Å². The lowest BCUT2D eigenvalue weighted by Crippen LogP contribution is -2.47. The van der Waals surface area contributed by atoms with E-state index in [9.17, 15) is 23.1 Å². The van der Waals surface area contributed by atoms with Crippen LogP contribution in [0, 0.1) is 5.92 Å². The Kier molecular flexibility index (Phi) is 8.39. The molecule has 3 fully saturated rings. The van der Waals surface area contributed by atoms with Gasteiger partial charge < -0.3 is 24.5 Å². The molecule has 0 unspecified atom stereocenters. The zero-order valence-corrected chi connectivity index (χ0v) is 23.9. The number of carbonyl (C=O) groups excluding carboxylic acids is 1. The maximum atomic E-state index is 13.1. The Morgan fingerprint density at radius 1 is 1.21 bits per heavy atom. The van der Waals surface area contributed by atoms with Gasteiger partial charge in [0.05, 0.1) is 17.2 Å². The molecule has 3 rings (SSSR count). The van der Waals surface area contributed by atoms with Crippen molar-refractivity contribution in [3.8, 4) is 0 Å². The summed E-state index contributed by atoms with van der Waals surface area (Å²) in [5, 5.41) is 16.2. The van der Waals surface area contributed by atoms with Crippen molar-refractivity contribution < 1.29 is 37.2 Å². The highest BCUT2D eigenvalue weighted by Crippen LogP contribution is 2.40. The summed E-state index contributed by atoms with van der Waals surface area (Å²) in [4.78, 5) is 27.0. The third kappa shape index (κ3) is 6.72. The summed E-state index contributed by atoms with van der Waals surface area (Å²) in [6.07, 6.45) is 0.947. The lowest BCUT2D eigenvalue weighted by Gasteiger charge is -2.32. The summed E-state index contributed by atoms with van der Waals surface area (Å²) in [7, 11) is -4.61. The maximum absolute atomic E-state index is 13.1. The first kappa shape index (κ1) is 30.4. The lowest BCUT2D eigenvalue weighted by molar-refractivity contribution is -0.144. The highest BCUT2D eigenvalue weighted by atomic mass is 32.2. The Hall–Kier alpha value is -2.10. The zero-order chi connectivity index (χ0) is 28.7. The number of hydrogen-bond donors (Lipinski definition) is 3. The van der Waals surface area contributed by atoms with Crippen LogP contribution in [0.3, 0.4) is 0 Å². The number of aliphatic carboxylic acids is 1. The number of rotatable bonds is 10. The molecule has 0 bridgehead atoms. The van der Waals surface area contributed by atoms with Crippen LogP contribution in [0.1, 0.15) is 67.7 Å². The summed E-state index contributed by atoms with van der Waals surface area (Å²) in [6, 6.07) is -1.01. The molecule has 0 aromatic heterocycles. The predicted molar refractivity (Wildman–Crippen MR) is 138 cm³/mol. The molecule has 0 aromatic rings. The minimum Gasteiger partial charge on any atom is -0.481 e. The summed E-state index contributed by atoms with van der Waals surface area (Å²) in [5.74, 6) is -2.14. The van der Waals surface area contributed by atoms with Crippen molar-refractivity contribution in [3.05, 3.63) is 10.4 Å². The fourth-order valence-corrected chi connectivity index (χ4v) is 6.21. The monoisotopic (exact) mass is 558 g/mol. The Bertz CT molecular complexity index is 1070. The molecule has 3 N–H and O–H groups in total. The van der Waals surface area contributed by atoms with Crippen molar-refractivity contribution in [1.29, 1.82) is 0 Å². The van der Waals surface area contributed by atoms with Crippen LogP contribution in [0.4, 0.5) is 4.79 Å². The molecular formula is C22H39BN6O8S. The normalized spacial score (nSPS) is 30.5. The topological polar surface area (TPSA) is 192 Å². The van der Waals surface area contributed by atoms with E-state index in [1.807, 2.05) is 27.7 Å². The van der Waals surface area contributed by atoms with Gasteiger partial charge >= 0.3 is 19.2 Å². The van der Waals surface area contributed by atoms with Crippen molar-refractivity contribution in [3.63, 3.8) is 0 Å². The molecule has 3 aliphatic rings. The van der Waals surface area contributed by atoms with Gasteiger partial charge in [-0.2, -0.15) is 17.4 Å². The van der Waals surface area contributed by atoms with Gasteiger partial charge in [-0.3, -0.25) is 4.79 Å². The lowest BCUT2D eigenvalue weighted by atomic mass is 9.78. The fourth-order valence-electron chi connectivity index (χ4n) is 4.67. The second kappa shape index (κ2) is 10.5. The van der Waals surface area contributed by atoms with Gasteiger partial charge in [0, 0.05) is 24.0 Å². The third-order valence-electron chi connectivity index (χ3n) is 7.54. The first-order valence-electron chi connectivity index (χ1n) is 12.7. The average molecular weight is 558 g/mol. The first-order valence-corrected chi connectivity index (χ1v) is 14.2. The molecular weight excluding hydrogens is 519 g/mol. The van der Waals surface area contributed by atoms with E-state index in [1.54, 1.807) is 20.8 Å². The van der Waals surface area contributed by atoms with E-state index < -0.39 is 76.3 Å². The molecule has 1 aliphatic carbocycles. The highest BCUT2D eigenvalue weighted by Gasteiger charge is 2.56. The van der Waals surface area contributed by atoms with Gasteiger partial charge in [-0.15, -0.1) is 0 Å². The number of alkyl carbamates (subject to hydrolysis) is 1. The Morgan fingerprint density at radius 3 is 2.34 bits per heavy atom. The van der Waals surface area contributed by atoms with Crippen molar-refractivity contribution in [1.82, 2.24) is 14.3 Å². The predicted octanol–water partition coefficient (Wildman–Crippen LogP) is 2.42. The molecule has 16 heteroatoms. The van der Waals surface area contributed by atoms with Gasteiger partial charge in [0.25, 0.3) is 10.2 Å². The van der Waals surface area contributed by atoms with Crippen LogP contribution >= 0.6 is 0 Å². The number of carboxylic acids is 1. The number of azide groups is 1. The number of nitrogens with zero attached hydrogens (tertiary/aromatic N) is 4. The van der Waals surface area contributed by atoms with Crippen molar-refractivity contribution >= 4 is 29.4 Å². The minimum atomic E-state index is -4.13. The number of carbonyl (C=O) groups is 2. The number of nitrogens with one attached hydrogen (secondary N) is 2. The molecule has 2 aliphatic heterocycles. The summed E-state index contributed by atoms with van der Waals surface area (Å²) in [5.41, 5.74) is 5.49. The van der Waals surface area contributed by atoms with Gasteiger partial charge in [0.2, 0.25) is 0 Å². The number of ether oxygens (including phenoxy) is 1. The van der Waals surface area contributed by atoms with Crippen molar-refractivity contribution in [2.45, 2.75) is 108 Å². The minimum absolute atomic E-state index is 0.138. The second-order valence-corrected chi connectivity index (χ2v) is 13.9. The van der Waals surface area contributed by atoms with E-state index in [-0.39, 0.29) is 13.0 Å². The van der Waals surface area contributed by atoms with E-state index >= 15 is 0 Å². The molecule has 0 spiro atoms. The molecule has 0 aromatic carbocycles. The molecule has 2 heterocycles. The smallest absolute Gasteiger partial charge is 0.457 e. The second-order valence-electron chi connectivity index (χ2n) is 12.2. The number of carboxylic acid groups (broad SMARTS) is 1. The average Bonchev–Trinajstić information content (AvgIpc) is 3.23. The molecule has 4 atom stereocenters. The largest absolute Gasteiger partial charge is 0.481 e. The van der Waals surface area contributed by atoms with Crippen molar-refractivity contribution in [2.75, 3.05) is 13.1 Å². The van der Waals surface area contributed by atoms with Crippen LogP contribution in [0.2, 0.25) is 6.32 Å². The molecule has 214 valence electrons. The quantitative estimate of drug-likeness (QED) is 0.157. The van der Waals surface area contributed by atoms with E-state index in [2.05, 4.69) is 20.1 Å². The zero-order valence-electron chi connectivity index (χ0n) is 23.1. The van der Waals surface area contributed by atoms with Crippen LogP contribution in [0.5, 0.6) is 0 Å². The maximum Gasteiger partial charge on any atom is 0.457 e. The van der Waals surface area contributed by atoms with Gasteiger partial charge in [0.1, 0.15) is 5.60 Å². The van der Waals surface area contributed by atoms with E-state index in [1.165, 1.54) is 0 Å². The SMILES string of the molecule is CC(C)(C)OC(=O)N[C@@H]1C[C@H]1NS(=O)(=O)N1C[C@H](CCCB2OC(C)(C)C(C)(C)O2)[C@](N=[N+]=[N-])(C(=O)O)C1. The van der Waals surface area contributed by atoms with Crippen molar-refractivity contribution in [2.24, 2.45) is 11.0 Å². The van der Waals surface area contributed by atoms with Crippen LogP contribution in [0.25, 0.3) is 10.4 Å². The molecule has 0 radical (unpaired) electrons. The standard InChI is InChI=1S/C22H39BN6O8S/c1-19(2,3)35-18(32)25-15-11-16(15)26-38(33,34)29-12-14(22(13-29,17(30)31)27-28-24)9-8-10-23-36-20(4,5)21(6,7)37-23/h14-16,26H,8-13H2,1-7H3,(H,25,32)(H,30,31)/t14-,15+,16+,22-/m0/s1. The Balaban J connectivity index is 1.63. The fraction of sp³-hybridized carbons (Fsp3) is 0.909. The van der Waals surface area contributed by atoms with Gasteiger partial charge in [-0.1, -0.05) is 11.5 Å². The number of amides is 1. The highest BCUT2D eigenvalue weighted by molar-refractivity contribution is 7.87. The van der Waals surface area contributed by atoms with Gasteiger partial charge in [0.15, 0.2) is 5.54 Å². The van der Waals surface area contributed by atoms with E-state index in [4.69, 9.17) is 19.6 Å². The molecule has 1 saturated carbocycles. The van der Waals surface area contributed by atoms with Crippen LogP contribution in [-0.4, -0.2) is 84.5 Å². The van der Waals surface area contributed by atoms with Gasteiger partial charge in [-0.05, 0) is 79.1 Å². The summed E-state index contributed by atoms with van der Waals surface area (Å²) >= 11 is 0. The van der Waals surface area contributed by atoms with E-state index in [0.717, 1.165) is 4.31 Å². The van der Waals surface area contributed by atoms with Gasteiger partial charge in [-0.25, -0.2) is 4.79 Å². The van der Waals surface area contributed by atoms with Crippen LogP contribution in [-0.2, 0) is 29.0 Å². The third-order valence-corrected chi connectivity index (χ3v) is 9.10. The number of hydrogen-bond acceptors (Lipinski definition) is 8. The molecule has 2 saturated heterocycles. The summed E-state index contributed by atoms with van der Waals surface area (Å²) in [6.45, 7) is 12.3. The molecule has 14 nitrogen and oxygen atoms in total. The van der Waals surface area contributed by atoms with E-state index in [0.29, 0.717) is 19.2 Å². The molecule has 38 heavy (non-hydrogen) atoms. The summed E-state index contributed by atoms with van der Waals surface area (Å²) < 4.78 is 46.9. The molecule has 1 amide bonds. The van der Waals surface area contributed by atoms with Crippen LogP contribution < -0.4 is 10.0 Å².